The molecule has 0 saturated carbocycles. The molecule has 0 spiro atoms. The molecule has 0 unspecified atom stereocenters. The van der Waals surface area contributed by atoms with Crippen molar-refractivity contribution in [1.82, 2.24) is 5.32 Å². The average Bonchev–Trinajstić information content (AvgIpc) is 2.91. The van der Waals surface area contributed by atoms with E-state index >= 15 is 0 Å². The summed E-state index contributed by atoms with van der Waals surface area (Å²) in [6, 6.07) is 6.16. The fourth-order valence-electron chi connectivity index (χ4n) is 2.51. The SMILES string of the molecule is C[C@@H](OC(=O)c1ccccc1NCCO)C(=O)N[C@@H]1CCS(=O)(=O)C1. The molecule has 2 rings (SSSR count). The molecule has 1 heterocycles. The number of para-hydroxylation sites is 1. The number of anilines is 1. The van der Waals surface area contributed by atoms with E-state index in [0.717, 1.165) is 0 Å². The third kappa shape index (κ3) is 5.43. The Hall–Kier alpha value is -2.13. The van der Waals surface area contributed by atoms with Crippen molar-refractivity contribution in [3.63, 3.8) is 0 Å². The van der Waals surface area contributed by atoms with E-state index in [-0.39, 0.29) is 30.2 Å². The van der Waals surface area contributed by atoms with Gasteiger partial charge in [0.15, 0.2) is 15.9 Å². The second-order valence-corrected chi connectivity index (χ2v) is 8.08. The number of amides is 1. The van der Waals surface area contributed by atoms with Gasteiger partial charge in [0, 0.05) is 18.3 Å². The first-order valence-electron chi connectivity index (χ1n) is 7.98. The highest BCUT2D eigenvalue weighted by Crippen LogP contribution is 2.17. The highest BCUT2D eigenvalue weighted by atomic mass is 32.2. The van der Waals surface area contributed by atoms with Gasteiger partial charge in [0.05, 0.1) is 23.7 Å². The summed E-state index contributed by atoms with van der Waals surface area (Å²) in [6.07, 6.45) is -0.690. The molecule has 25 heavy (non-hydrogen) atoms. The minimum absolute atomic E-state index is 0.0516. The van der Waals surface area contributed by atoms with Crippen LogP contribution in [0.25, 0.3) is 0 Å². The first kappa shape index (κ1) is 19.2. The van der Waals surface area contributed by atoms with Crippen LogP contribution in [0, 0.1) is 0 Å². The van der Waals surface area contributed by atoms with Crippen LogP contribution in [0.1, 0.15) is 23.7 Å². The van der Waals surface area contributed by atoms with Crippen LogP contribution < -0.4 is 10.6 Å². The van der Waals surface area contributed by atoms with Crippen molar-refractivity contribution >= 4 is 27.4 Å². The minimum atomic E-state index is -3.10. The van der Waals surface area contributed by atoms with Gasteiger partial charge in [-0.15, -0.1) is 0 Å². The Morgan fingerprint density at radius 2 is 2.08 bits per heavy atom. The largest absolute Gasteiger partial charge is 0.449 e. The van der Waals surface area contributed by atoms with Crippen molar-refractivity contribution in [3.8, 4) is 0 Å². The highest BCUT2D eigenvalue weighted by molar-refractivity contribution is 7.91. The number of carbonyl (C=O) groups is 2. The van der Waals surface area contributed by atoms with Crippen molar-refractivity contribution in [2.75, 3.05) is 30.0 Å². The second-order valence-electron chi connectivity index (χ2n) is 5.85. The van der Waals surface area contributed by atoms with Crippen LogP contribution >= 0.6 is 0 Å². The standard InChI is InChI=1S/C16H22N2O6S/c1-11(15(20)18-12-6-9-25(22,23)10-12)24-16(21)13-4-2-3-5-14(13)17-7-8-19/h2-5,11-12,17,19H,6-10H2,1H3,(H,18,20)/t11-,12-/m1/s1. The Labute approximate surface area is 146 Å². The zero-order valence-electron chi connectivity index (χ0n) is 13.9. The van der Waals surface area contributed by atoms with Crippen molar-refractivity contribution < 1.29 is 27.9 Å². The molecule has 0 radical (unpaired) electrons. The van der Waals surface area contributed by atoms with E-state index in [9.17, 15) is 18.0 Å². The van der Waals surface area contributed by atoms with Gasteiger partial charge >= 0.3 is 5.97 Å². The van der Waals surface area contributed by atoms with Crippen LogP contribution in [0.4, 0.5) is 5.69 Å². The number of rotatable bonds is 7. The predicted molar refractivity (Wildman–Crippen MR) is 92.1 cm³/mol. The van der Waals surface area contributed by atoms with Gasteiger partial charge < -0.3 is 20.5 Å². The lowest BCUT2D eigenvalue weighted by Crippen LogP contribution is -2.42. The molecular weight excluding hydrogens is 348 g/mol. The van der Waals surface area contributed by atoms with Gasteiger partial charge in [-0.1, -0.05) is 12.1 Å². The maximum absolute atomic E-state index is 12.3. The summed E-state index contributed by atoms with van der Waals surface area (Å²) in [4.78, 5) is 24.4. The Morgan fingerprint density at radius 3 is 2.72 bits per heavy atom. The van der Waals surface area contributed by atoms with E-state index in [1.54, 1.807) is 24.3 Å². The average molecular weight is 370 g/mol. The van der Waals surface area contributed by atoms with E-state index in [1.807, 2.05) is 0 Å². The number of aliphatic hydroxyl groups is 1. The highest BCUT2D eigenvalue weighted by Gasteiger charge is 2.31. The van der Waals surface area contributed by atoms with Crippen molar-refractivity contribution in [1.29, 1.82) is 0 Å². The number of benzene rings is 1. The molecule has 1 saturated heterocycles. The number of carbonyl (C=O) groups excluding carboxylic acids is 2. The Morgan fingerprint density at radius 1 is 1.36 bits per heavy atom. The Bertz CT molecular complexity index is 734. The van der Waals surface area contributed by atoms with E-state index in [0.29, 0.717) is 12.1 Å². The van der Waals surface area contributed by atoms with Crippen molar-refractivity contribution in [2.45, 2.75) is 25.5 Å². The molecule has 2 atom stereocenters. The van der Waals surface area contributed by atoms with Gasteiger partial charge in [-0.2, -0.15) is 0 Å². The van der Waals surface area contributed by atoms with Gasteiger partial charge in [0.2, 0.25) is 0 Å². The van der Waals surface area contributed by atoms with Crippen LogP contribution in [0.3, 0.4) is 0 Å². The molecule has 1 fully saturated rings. The molecule has 1 amide bonds. The summed E-state index contributed by atoms with van der Waals surface area (Å²) in [5, 5.41) is 14.4. The molecule has 9 heteroatoms. The smallest absolute Gasteiger partial charge is 0.341 e. The zero-order valence-corrected chi connectivity index (χ0v) is 14.7. The number of sulfone groups is 1. The number of nitrogens with one attached hydrogen (secondary N) is 2. The van der Waals surface area contributed by atoms with Crippen LogP contribution in [0.15, 0.2) is 24.3 Å². The summed E-state index contributed by atoms with van der Waals surface area (Å²) >= 11 is 0. The summed E-state index contributed by atoms with van der Waals surface area (Å²) in [5.41, 5.74) is 0.745. The van der Waals surface area contributed by atoms with E-state index in [2.05, 4.69) is 10.6 Å². The number of ether oxygens (including phenoxy) is 1. The molecule has 1 aliphatic heterocycles. The van der Waals surface area contributed by atoms with Crippen molar-refractivity contribution in [3.05, 3.63) is 29.8 Å². The molecular formula is C16H22N2O6S. The molecule has 8 nitrogen and oxygen atoms in total. The topological polar surface area (TPSA) is 122 Å². The molecule has 0 aromatic heterocycles. The van der Waals surface area contributed by atoms with E-state index in [1.165, 1.54) is 6.92 Å². The molecule has 138 valence electrons. The summed E-state index contributed by atoms with van der Waals surface area (Å²) in [5.74, 6) is -1.25. The molecule has 0 bridgehead atoms. The number of hydrogen-bond donors (Lipinski definition) is 3. The van der Waals surface area contributed by atoms with Gasteiger partial charge in [-0.05, 0) is 25.5 Å². The van der Waals surface area contributed by atoms with Crippen LogP contribution in [0.5, 0.6) is 0 Å². The second kappa shape index (κ2) is 8.30. The maximum atomic E-state index is 12.3. The first-order valence-corrected chi connectivity index (χ1v) is 9.80. The summed E-state index contributed by atoms with van der Waals surface area (Å²) < 4.78 is 28.0. The summed E-state index contributed by atoms with van der Waals surface area (Å²) in [7, 11) is -3.10. The van der Waals surface area contributed by atoms with Crippen LogP contribution in [0.2, 0.25) is 0 Å². The number of esters is 1. The molecule has 3 N–H and O–H groups in total. The Kier molecular flexibility index (Phi) is 6.38. The fraction of sp³-hybridized carbons (Fsp3) is 0.500. The molecule has 1 aromatic carbocycles. The van der Waals surface area contributed by atoms with Crippen LogP contribution in [-0.4, -0.2) is 62.2 Å². The van der Waals surface area contributed by atoms with Gasteiger partial charge in [0.1, 0.15) is 0 Å². The minimum Gasteiger partial charge on any atom is -0.449 e. The van der Waals surface area contributed by atoms with Gasteiger partial charge in [0.25, 0.3) is 5.91 Å². The third-order valence-electron chi connectivity index (χ3n) is 3.81. The van der Waals surface area contributed by atoms with Crippen molar-refractivity contribution in [2.24, 2.45) is 0 Å². The third-order valence-corrected chi connectivity index (χ3v) is 5.57. The first-order chi connectivity index (χ1) is 11.8. The quantitative estimate of drug-likeness (QED) is 0.575. The Balaban J connectivity index is 1.94. The monoisotopic (exact) mass is 370 g/mol. The zero-order chi connectivity index (χ0) is 18.4. The lowest BCUT2D eigenvalue weighted by atomic mass is 10.1. The number of aliphatic hydroxyl groups excluding tert-OH is 1. The summed E-state index contributed by atoms with van der Waals surface area (Å²) in [6.45, 7) is 1.61. The number of hydrogen-bond acceptors (Lipinski definition) is 7. The van der Waals surface area contributed by atoms with Crippen LogP contribution in [-0.2, 0) is 19.4 Å². The normalized spacial score (nSPS) is 19.8. The van der Waals surface area contributed by atoms with Gasteiger partial charge in [-0.25, -0.2) is 13.2 Å². The lowest BCUT2D eigenvalue weighted by Gasteiger charge is -2.17. The maximum Gasteiger partial charge on any atom is 0.341 e. The fourth-order valence-corrected chi connectivity index (χ4v) is 4.18. The van der Waals surface area contributed by atoms with Gasteiger partial charge in [-0.3, -0.25) is 4.79 Å². The molecule has 1 aromatic rings. The molecule has 1 aliphatic rings. The van der Waals surface area contributed by atoms with E-state index < -0.39 is 33.9 Å². The molecule has 0 aliphatic carbocycles. The lowest BCUT2D eigenvalue weighted by molar-refractivity contribution is -0.129. The van der Waals surface area contributed by atoms with E-state index in [4.69, 9.17) is 9.84 Å². The predicted octanol–water partition coefficient (Wildman–Crippen LogP) is -0.0606.